The van der Waals surface area contributed by atoms with Gasteiger partial charge in [-0.2, -0.15) is 0 Å². The van der Waals surface area contributed by atoms with Crippen LogP contribution in [0.1, 0.15) is 95.2 Å². The summed E-state index contributed by atoms with van der Waals surface area (Å²) in [5.74, 6) is -9.00. The first-order valence-electron chi connectivity index (χ1n) is 27.0. The topological polar surface area (TPSA) is 452 Å². The van der Waals surface area contributed by atoms with Gasteiger partial charge in [-0.25, -0.2) is 0 Å². The molecule has 1 aliphatic rings. The molecule has 446 valence electrons. The third-order valence-electron chi connectivity index (χ3n) is 12.9. The van der Waals surface area contributed by atoms with Gasteiger partial charge >= 0.3 is 0 Å². The molecule has 0 bridgehead atoms. The third-order valence-corrected chi connectivity index (χ3v) is 12.9. The molecule has 8 unspecified atom stereocenters. The lowest BCUT2D eigenvalue weighted by atomic mass is 9.99. The average Bonchev–Trinajstić information content (AvgIpc) is 4.05. The quantitative estimate of drug-likeness (QED) is 0.0185. The number of carbonyl (C=O) groups excluding carboxylic acids is 10. The van der Waals surface area contributed by atoms with Crippen LogP contribution in [0.25, 0.3) is 0 Å². The molecular formula is C56H80N14O12. The first-order valence-corrected chi connectivity index (χ1v) is 27.0. The van der Waals surface area contributed by atoms with Crippen LogP contribution in [-0.2, 0) is 72.0 Å². The van der Waals surface area contributed by atoms with Crippen LogP contribution in [0.2, 0.25) is 0 Å². The van der Waals surface area contributed by atoms with Gasteiger partial charge in [0.1, 0.15) is 42.3 Å². The number of rotatable bonds is 32. The fourth-order valence-corrected chi connectivity index (χ4v) is 8.81. The summed E-state index contributed by atoms with van der Waals surface area (Å²) in [5.41, 5.74) is 36.0. The molecule has 1 aliphatic heterocycles. The van der Waals surface area contributed by atoms with E-state index in [1.54, 1.807) is 60.7 Å². The molecule has 0 radical (unpaired) electrons. The Morgan fingerprint density at radius 1 is 0.561 bits per heavy atom. The van der Waals surface area contributed by atoms with Gasteiger partial charge in [0.05, 0.1) is 6.04 Å². The largest absolute Gasteiger partial charge is 0.481 e. The highest BCUT2D eigenvalue weighted by atomic mass is 16.4. The van der Waals surface area contributed by atoms with Crippen LogP contribution in [-0.4, -0.2) is 142 Å². The van der Waals surface area contributed by atoms with Crippen molar-refractivity contribution in [3.8, 4) is 0 Å². The van der Waals surface area contributed by atoms with E-state index in [0.717, 1.165) is 12.5 Å². The van der Waals surface area contributed by atoms with Crippen LogP contribution < -0.4 is 66.3 Å². The van der Waals surface area contributed by atoms with Gasteiger partial charge in [0, 0.05) is 45.7 Å². The lowest BCUT2D eigenvalue weighted by Crippen LogP contribution is -2.60. The van der Waals surface area contributed by atoms with Crippen molar-refractivity contribution in [1.82, 2.24) is 36.8 Å². The number of aliphatic carboxylic acids is 1. The van der Waals surface area contributed by atoms with Gasteiger partial charge in [-0.1, -0.05) is 105 Å². The molecule has 10 amide bonds. The number of hydrogen-bond acceptors (Lipinski definition) is 13. The van der Waals surface area contributed by atoms with Crippen molar-refractivity contribution < 1.29 is 57.8 Å². The highest BCUT2D eigenvalue weighted by Gasteiger charge is 2.40. The van der Waals surface area contributed by atoms with Crippen molar-refractivity contribution in [3.05, 3.63) is 108 Å². The van der Waals surface area contributed by atoms with Crippen molar-refractivity contribution >= 4 is 71.0 Å². The zero-order valence-electron chi connectivity index (χ0n) is 46.6. The zero-order chi connectivity index (χ0) is 60.9. The number of guanidine groups is 1. The smallest absolute Gasteiger partial charge is 0.300 e. The fraction of sp³-hybridized carbons (Fsp3) is 0.464. The van der Waals surface area contributed by atoms with Gasteiger partial charge in [0.2, 0.25) is 59.1 Å². The maximum absolute atomic E-state index is 14.6. The molecule has 1 saturated heterocycles. The number of nitrogens with two attached hydrogens (primary N) is 6. The predicted octanol–water partition coefficient (Wildman–Crippen LogP) is -1.85. The number of nitrogens with one attached hydrogen (secondary N) is 6. The minimum Gasteiger partial charge on any atom is -0.481 e. The highest BCUT2D eigenvalue weighted by molar-refractivity contribution is 5.98. The summed E-state index contributed by atoms with van der Waals surface area (Å²) in [6.45, 7) is 4.87. The van der Waals surface area contributed by atoms with E-state index < -0.39 is 113 Å². The summed E-state index contributed by atoms with van der Waals surface area (Å²) in [7, 11) is 0. The summed E-state index contributed by atoms with van der Waals surface area (Å²) >= 11 is 0. The molecule has 3 aromatic rings. The van der Waals surface area contributed by atoms with Crippen molar-refractivity contribution in [3.63, 3.8) is 0 Å². The van der Waals surface area contributed by atoms with Crippen LogP contribution in [0.3, 0.4) is 0 Å². The maximum atomic E-state index is 14.6. The van der Waals surface area contributed by atoms with Gasteiger partial charge in [-0.3, -0.25) is 57.7 Å². The van der Waals surface area contributed by atoms with Gasteiger partial charge in [-0.15, -0.1) is 0 Å². The van der Waals surface area contributed by atoms with Crippen LogP contribution >= 0.6 is 0 Å². The number of carbonyl (C=O) groups is 11. The number of carboxylic acid groups (broad SMARTS) is 1. The van der Waals surface area contributed by atoms with Gasteiger partial charge in [0.25, 0.3) is 5.97 Å². The molecule has 19 N–H and O–H groups in total. The van der Waals surface area contributed by atoms with Crippen molar-refractivity contribution in [2.45, 2.75) is 146 Å². The minimum absolute atomic E-state index is 0.00718. The van der Waals surface area contributed by atoms with E-state index in [4.69, 9.17) is 44.3 Å². The number of benzene rings is 3. The SMILES string of the molecule is CC(=O)O.CC(C)CC(NC(=O)C(N)Cc1ccccc1)C(=O)NC(Cc1ccccc1)C(=O)NC(CCC(N)=O)C(=O)N1CCCC1C(=O)NC(CCC(N)=O)C(=O)NC(CCCN=C(N)N)C(=O)NC(Cc1ccccc1)C(N)=O. The molecule has 82 heavy (non-hydrogen) atoms. The van der Waals surface area contributed by atoms with E-state index in [2.05, 4.69) is 36.9 Å². The lowest BCUT2D eigenvalue weighted by molar-refractivity contribution is -0.143. The summed E-state index contributed by atoms with van der Waals surface area (Å²) in [5, 5.41) is 23.4. The van der Waals surface area contributed by atoms with E-state index >= 15 is 0 Å². The number of hydrogen-bond donors (Lipinski definition) is 13. The van der Waals surface area contributed by atoms with Crippen LogP contribution in [0.15, 0.2) is 96.0 Å². The van der Waals surface area contributed by atoms with Crippen LogP contribution in [0, 0.1) is 5.92 Å². The number of amides is 10. The second kappa shape index (κ2) is 34.9. The summed E-state index contributed by atoms with van der Waals surface area (Å²) in [6.07, 6.45) is -0.533. The summed E-state index contributed by atoms with van der Waals surface area (Å²) in [6, 6.07) is 16.4. The Kier molecular flexibility index (Phi) is 28.7. The molecule has 0 aliphatic carbocycles. The van der Waals surface area contributed by atoms with E-state index in [-0.39, 0.29) is 95.6 Å². The standard InChI is InChI=1S/C54H76N14O10.C2H4O2/c1-32(2)28-41(66-47(72)36(55)29-33-14-6-3-7-15-33)50(75)67-42(31-35-18-10-5-11-19-35)51(76)64-39(23-25-45(57)70)53(78)68-27-13-21-43(68)52(77)63-38(22-24-44(56)69)49(74)62-37(20-12-26-61-54(59)60)48(73)65-40(46(58)71)30-34-16-8-4-9-17-34;1-2(3)4/h3-11,14-19,32,36-43H,12-13,20-31,55H2,1-2H3,(H2,56,69)(H2,57,70)(H2,58,71)(H,62,74)(H,63,77)(H,64,76)(H,65,73)(H,66,72)(H,67,75)(H4,59,60,61);1H3,(H,3,4). The number of carboxylic acids is 1. The Hall–Kier alpha value is -8.94. The molecule has 26 nitrogen and oxygen atoms in total. The summed E-state index contributed by atoms with van der Waals surface area (Å²) in [4.78, 5) is 150. The van der Waals surface area contributed by atoms with Crippen LogP contribution in [0.5, 0.6) is 0 Å². The van der Waals surface area contributed by atoms with E-state index in [0.29, 0.717) is 17.5 Å². The second-order valence-electron chi connectivity index (χ2n) is 20.2. The zero-order valence-corrected chi connectivity index (χ0v) is 46.6. The Morgan fingerprint density at radius 2 is 0.976 bits per heavy atom. The third kappa shape index (κ3) is 25.0. The Balaban J connectivity index is 0.00000426. The average molecular weight is 1140 g/mol. The molecule has 26 heteroatoms. The Bertz CT molecular complexity index is 2660. The highest BCUT2D eigenvalue weighted by Crippen LogP contribution is 2.21. The molecule has 1 fully saturated rings. The Morgan fingerprint density at radius 3 is 1.46 bits per heavy atom. The number of primary amides is 3. The molecule has 0 spiro atoms. The first kappa shape index (κ1) is 67.3. The molecule has 8 atom stereocenters. The van der Waals surface area contributed by atoms with Crippen molar-refractivity contribution in [1.29, 1.82) is 0 Å². The monoisotopic (exact) mass is 1140 g/mol. The van der Waals surface area contributed by atoms with Gasteiger partial charge in [-0.05, 0) is 74.0 Å². The lowest BCUT2D eigenvalue weighted by Gasteiger charge is -2.31. The molecule has 3 aromatic carbocycles. The van der Waals surface area contributed by atoms with E-state index in [1.807, 2.05) is 44.2 Å². The number of aliphatic imine (C=N–C) groups is 1. The van der Waals surface area contributed by atoms with Gasteiger partial charge in [0.15, 0.2) is 5.96 Å². The maximum Gasteiger partial charge on any atom is 0.300 e. The number of likely N-dealkylation sites (tertiary alicyclic amines) is 1. The molecule has 1 heterocycles. The van der Waals surface area contributed by atoms with Crippen molar-refractivity contribution in [2.75, 3.05) is 13.1 Å². The second-order valence-corrected chi connectivity index (χ2v) is 20.2. The van der Waals surface area contributed by atoms with Crippen LogP contribution in [0.4, 0.5) is 0 Å². The van der Waals surface area contributed by atoms with E-state index in [1.165, 1.54) is 4.90 Å². The molecule has 0 aromatic heterocycles. The predicted molar refractivity (Wildman–Crippen MR) is 303 cm³/mol. The fourth-order valence-electron chi connectivity index (χ4n) is 8.81. The molecule has 0 saturated carbocycles. The van der Waals surface area contributed by atoms with Gasteiger partial charge < -0.3 is 76.3 Å². The molecule has 4 rings (SSSR count). The summed E-state index contributed by atoms with van der Waals surface area (Å²) < 4.78 is 0. The van der Waals surface area contributed by atoms with Crippen molar-refractivity contribution in [2.24, 2.45) is 45.3 Å². The normalized spacial score (nSPS) is 15.2. The minimum atomic E-state index is -1.50. The Labute approximate surface area is 476 Å². The number of nitrogens with zero attached hydrogens (tertiary/aromatic N) is 2. The molecular weight excluding hydrogens is 1060 g/mol. The first-order chi connectivity index (χ1) is 38.8. The van der Waals surface area contributed by atoms with E-state index in [9.17, 15) is 47.9 Å².